The van der Waals surface area contributed by atoms with Gasteiger partial charge in [-0.3, -0.25) is 4.79 Å². The second-order valence-electron chi connectivity index (χ2n) is 8.16. The average molecular weight is 496 g/mol. The summed E-state index contributed by atoms with van der Waals surface area (Å²) in [6, 6.07) is 29.5. The topological polar surface area (TPSA) is 57.8 Å². The Bertz CT molecular complexity index is 1660. The summed E-state index contributed by atoms with van der Waals surface area (Å²) in [6.45, 7) is 0.663. The fraction of sp³-hybridized carbons (Fsp3) is 0.0345. The zero-order valence-corrected chi connectivity index (χ0v) is 20.0. The number of hydrogen-bond acceptors (Lipinski definition) is 2. The number of aromatic nitrogens is 1. The Morgan fingerprint density at radius 2 is 1.69 bits per heavy atom. The Labute approximate surface area is 212 Å². The third kappa shape index (κ3) is 4.79. The molecule has 4 aromatic carbocycles. The zero-order chi connectivity index (χ0) is 24.4. The number of carbonyl (C=O) groups excluding carboxylic acids is 1. The molecule has 4 nitrogen and oxygen atoms in total. The van der Waals surface area contributed by atoms with E-state index in [1.165, 1.54) is 10.8 Å². The first kappa shape index (κ1) is 22.7. The molecule has 5 aromatic rings. The van der Waals surface area contributed by atoms with Crippen LogP contribution in [0.25, 0.3) is 27.8 Å². The van der Waals surface area contributed by atoms with Gasteiger partial charge in [0.2, 0.25) is 0 Å². The molecule has 1 aromatic heterocycles. The third-order valence-electron chi connectivity index (χ3n) is 5.83. The zero-order valence-electron chi connectivity index (χ0n) is 18.5. The van der Waals surface area contributed by atoms with Crippen molar-refractivity contribution < 1.29 is 4.79 Å². The fourth-order valence-electron chi connectivity index (χ4n) is 4.13. The number of nitriles is 1. The Hall–Kier alpha value is -4.04. The molecule has 0 atom stereocenters. The minimum atomic E-state index is -0.516. The lowest BCUT2D eigenvalue weighted by Crippen LogP contribution is -2.13. The van der Waals surface area contributed by atoms with Crippen LogP contribution in [0.5, 0.6) is 0 Å². The molecular formula is C29H19Cl2N3O. The highest BCUT2D eigenvalue weighted by molar-refractivity contribution is 6.42. The molecule has 5 rings (SSSR count). The SMILES string of the molecule is N#C/C(=C\c1cn(Cc2ccc3ccccc3c2)c2ccccc12)C(=O)Nc1ccc(Cl)c(Cl)c1. The quantitative estimate of drug-likeness (QED) is 0.200. The van der Waals surface area contributed by atoms with E-state index in [1.54, 1.807) is 24.3 Å². The monoisotopic (exact) mass is 495 g/mol. The Balaban J connectivity index is 1.48. The molecule has 6 heteroatoms. The van der Waals surface area contributed by atoms with E-state index in [4.69, 9.17) is 23.2 Å². The average Bonchev–Trinajstić information content (AvgIpc) is 3.21. The summed E-state index contributed by atoms with van der Waals surface area (Å²) in [7, 11) is 0. The first-order valence-electron chi connectivity index (χ1n) is 11.0. The van der Waals surface area contributed by atoms with Crippen LogP contribution in [0.15, 0.2) is 96.7 Å². The van der Waals surface area contributed by atoms with Gasteiger partial charge < -0.3 is 9.88 Å². The van der Waals surface area contributed by atoms with Gasteiger partial charge in [0.15, 0.2) is 0 Å². The van der Waals surface area contributed by atoms with Gasteiger partial charge in [0.25, 0.3) is 5.91 Å². The van der Waals surface area contributed by atoms with Gasteiger partial charge in [0.05, 0.1) is 10.0 Å². The van der Waals surface area contributed by atoms with Gasteiger partial charge in [-0.2, -0.15) is 5.26 Å². The van der Waals surface area contributed by atoms with Gasteiger partial charge in [-0.1, -0.05) is 77.8 Å². The number of para-hydroxylation sites is 1. The van der Waals surface area contributed by atoms with Crippen LogP contribution in [0.3, 0.4) is 0 Å². The molecule has 35 heavy (non-hydrogen) atoms. The third-order valence-corrected chi connectivity index (χ3v) is 6.57. The molecule has 0 saturated carbocycles. The fourth-order valence-corrected chi connectivity index (χ4v) is 4.43. The molecular weight excluding hydrogens is 477 g/mol. The van der Waals surface area contributed by atoms with Crippen molar-refractivity contribution in [3.63, 3.8) is 0 Å². The first-order valence-corrected chi connectivity index (χ1v) is 11.7. The van der Waals surface area contributed by atoms with E-state index in [1.807, 2.05) is 48.7 Å². The van der Waals surface area contributed by atoms with E-state index >= 15 is 0 Å². The van der Waals surface area contributed by atoms with Crippen molar-refractivity contribution in [2.24, 2.45) is 0 Å². The van der Waals surface area contributed by atoms with E-state index < -0.39 is 5.91 Å². The summed E-state index contributed by atoms with van der Waals surface area (Å²) in [4.78, 5) is 12.8. The summed E-state index contributed by atoms with van der Waals surface area (Å²) in [5.74, 6) is -0.516. The Kier molecular flexibility index (Phi) is 6.29. The number of fused-ring (bicyclic) bond motifs is 2. The van der Waals surface area contributed by atoms with Gasteiger partial charge in [0, 0.05) is 34.9 Å². The predicted molar refractivity (Wildman–Crippen MR) is 144 cm³/mol. The molecule has 0 aliphatic rings. The van der Waals surface area contributed by atoms with Crippen LogP contribution in [-0.4, -0.2) is 10.5 Å². The minimum absolute atomic E-state index is 0.00955. The standard InChI is InChI=1S/C29H19Cl2N3O/c30-26-12-11-24(15-27(26)31)33-29(35)22(16-32)14-23-18-34(28-8-4-3-7-25(23)28)17-19-9-10-20-5-1-2-6-21(20)13-19/h1-15,18H,17H2,(H,33,35)/b22-14+. The van der Waals surface area contributed by atoms with E-state index in [-0.39, 0.29) is 5.57 Å². The van der Waals surface area contributed by atoms with Crippen LogP contribution >= 0.6 is 23.2 Å². The largest absolute Gasteiger partial charge is 0.342 e. The van der Waals surface area contributed by atoms with Crippen LogP contribution in [0.1, 0.15) is 11.1 Å². The molecule has 0 aliphatic heterocycles. The molecule has 0 radical (unpaired) electrons. The van der Waals surface area contributed by atoms with Crippen LogP contribution in [0.4, 0.5) is 5.69 Å². The molecule has 0 aliphatic carbocycles. The van der Waals surface area contributed by atoms with Gasteiger partial charge in [0.1, 0.15) is 11.6 Å². The molecule has 1 amide bonds. The summed E-state index contributed by atoms with van der Waals surface area (Å²) < 4.78 is 2.14. The minimum Gasteiger partial charge on any atom is -0.342 e. The van der Waals surface area contributed by atoms with Crippen LogP contribution in [-0.2, 0) is 11.3 Å². The van der Waals surface area contributed by atoms with Crippen molar-refractivity contribution in [2.75, 3.05) is 5.32 Å². The summed E-state index contributed by atoms with van der Waals surface area (Å²) in [5.41, 5.74) is 3.43. The number of nitrogens with zero attached hydrogens (tertiary/aromatic N) is 2. The maximum absolute atomic E-state index is 12.8. The number of amides is 1. The molecule has 0 saturated heterocycles. The maximum atomic E-state index is 12.8. The second-order valence-corrected chi connectivity index (χ2v) is 8.98. The van der Waals surface area contributed by atoms with Gasteiger partial charge in [-0.05, 0) is 52.7 Å². The van der Waals surface area contributed by atoms with Crippen LogP contribution in [0, 0.1) is 11.3 Å². The highest BCUT2D eigenvalue weighted by Gasteiger charge is 2.14. The van der Waals surface area contributed by atoms with Crippen molar-refractivity contribution in [2.45, 2.75) is 6.54 Å². The molecule has 0 spiro atoms. The van der Waals surface area contributed by atoms with Crippen LogP contribution in [0.2, 0.25) is 10.0 Å². The normalized spacial score (nSPS) is 11.5. The van der Waals surface area contributed by atoms with Crippen molar-refractivity contribution in [1.82, 2.24) is 4.57 Å². The summed E-state index contributed by atoms with van der Waals surface area (Å²) in [5, 5.41) is 16.5. The highest BCUT2D eigenvalue weighted by Crippen LogP contribution is 2.27. The number of benzene rings is 4. The maximum Gasteiger partial charge on any atom is 0.266 e. The Morgan fingerprint density at radius 1 is 0.914 bits per heavy atom. The number of halogens is 2. The second kappa shape index (κ2) is 9.68. The molecule has 1 N–H and O–H groups in total. The van der Waals surface area contributed by atoms with Crippen molar-refractivity contribution in [3.05, 3.63) is 118 Å². The van der Waals surface area contributed by atoms with E-state index in [0.29, 0.717) is 22.3 Å². The molecule has 0 fully saturated rings. The van der Waals surface area contributed by atoms with Crippen molar-refractivity contribution in [1.29, 1.82) is 5.26 Å². The molecule has 1 heterocycles. The van der Waals surface area contributed by atoms with Gasteiger partial charge in [-0.15, -0.1) is 0 Å². The van der Waals surface area contributed by atoms with E-state index in [2.05, 4.69) is 40.2 Å². The first-order chi connectivity index (χ1) is 17.0. The summed E-state index contributed by atoms with van der Waals surface area (Å²) in [6.07, 6.45) is 3.59. The van der Waals surface area contributed by atoms with Crippen LogP contribution < -0.4 is 5.32 Å². The van der Waals surface area contributed by atoms with Crippen molar-refractivity contribution in [3.8, 4) is 6.07 Å². The van der Waals surface area contributed by atoms with E-state index in [9.17, 15) is 10.1 Å². The lowest BCUT2D eigenvalue weighted by molar-refractivity contribution is -0.112. The number of nitrogens with one attached hydrogen (secondary N) is 1. The van der Waals surface area contributed by atoms with E-state index in [0.717, 1.165) is 22.0 Å². The number of rotatable bonds is 5. The Morgan fingerprint density at radius 3 is 2.49 bits per heavy atom. The number of hydrogen-bond donors (Lipinski definition) is 1. The number of anilines is 1. The van der Waals surface area contributed by atoms with Gasteiger partial charge >= 0.3 is 0 Å². The lowest BCUT2D eigenvalue weighted by atomic mass is 10.1. The number of carbonyl (C=O) groups is 1. The smallest absolute Gasteiger partial charge is 0.266 e. The lowest BCUT2D eigenvalue weighted by Gasteiger charge is -2.07. The molecule has 0 bridgehead atoms. The van der Waals surface area contributed by atoms with Crippen molar-refractivity contribution >= 4 is 62.5 Å². The molecule has 0 unspecified atom stereocenters. The predicted octanol–water partition coefficient (Wildman–Crippen LogP) is 7.70. The van der Waals surface area contributed by atoms with Gasteiger partial charge in [-0.25, -0.2) is 0 Å². The highest BCUT2D eigenvalue weighted by atomic mass is 35.5. The molecule has 170 valence electrons. The summed E-state index contributed by atoms with van der Waals surface area (Å²) >= 11 is 12.0.